The van der Waals surface area contributed by atoms with Gasteiger partial charge < -0.3 is 0 Å². The molecule has 0 atom stereocenters. The van der Waals surface area contributed by atoms with E-state index < -0.39 is 276 Å². The average molecular weight is 704 g/mol. The lowest BCUT2D eigenvalue weighted by molar-refractivity contribution is 0.661. The number of hydrogen-bond acceptors (Lipinski definition) is 0. The van der Waals surface area contributed by atoms with Crippen molar-refractivity contribution >= 4 is 64.6 Å². The molecule has 11 aromatic rings. The fourth-order valence-corrected chi connectivity index (χ4v) is 7.28. The van der Waals surface area contributed by atoms with Gasteiger partial charge in [-0.2, -0.15) is 0 Å². The summed E-state index contributed by atoms with van der Waals surface area (Å²) < 4.78 is 304. The molecule has 246 valence electrons. The largest absolute Gasteiger partial charge is 0.0636 e. The molecular formula is C53H34. The third-order valence-electron chi connectivity index (χ3n) is 9.69. The summed E-state index contributed by atoms with van der Waals surface area (Å²) in [6.07, 6.45) is 0. The summed E-state index contributed by atoms with van der Waals surface area (Å²) in [6, 6.07) is -24.7. The molecule has 1 aliphatic carbocycles. The van der Waals surface area contributed by atoms with Gasteiger partial charge in [-0.05, 0) is 138 Å². The highest BCUT2D eigenvalue weighted by Crippen LogP contribution is 2.51. The molecular weight excluding hydrogens is 637 g/mol. The Kier molecular flexibility index (Phi) is 2.29. The number of hydrogen-bond donors (Lipinski definition) is 0. The van der Waals surface area contributed by atoms with E-state index in [1.54, 1.807) is 0 Å². The monoisotopic (exact) mass is 703 g/mol. The van der Waals surface area contributed by atoms with Gasteiger partial charge in [-0.25, -0.2) is 0 Å². The predicted molar refractivity (Wildman–Crippen MR) is 228 cm³/mol. The van der Waals surface area contributed by atoms with E-state index in [1.807, 2.05) is 0 Å². The highest BCUT2D eigenvalue weighted by atomic mass is 14.4. The molecule has 0 aromatic heterocycles. The number of rotatable bonds is 3. The third-order valence-corrected chi connectivity index (χ3v) is 9.69. The second kappa shape index (κ2) is 10.3. The predicted octanol–water partition coefficient (Wildman–Crippen LogP) is 14.8. The first-order valence-corrected chi connectivity index (χ1v) is 16.1. The van der Waals surface area contributed by atoms with Crippen LogP contribution in [0, 0.1) is 0 Å². The van der Waals surface area contributed by atoms with E-state index >= 15 is 0 Å². The summed E-state index contributed by atoms with van der Waals surface area (Å²) in [4.78, 5) is 0. The zero-order valence-electron chi connectivity index (χ0n) is 59.6. The molecule has 0 N–H and O–H groups in total. The zero-order chi connectivity index (χ0) is 63.5. The van der Waals surface area contributed by atoms with Crippen LogP contribution in [0.3, 0.4) is 0 Å². The van der Waals surface area contributed by atoms with Crippen molar-refractivity contribution in [1.29, 1.82) is 0 Å². The molecule has 0 bridgehead atoms. The van der Waals surface area contributed by atoms with Crippen molar-refractivity contribution in [2.75, 3.05) is 0 Å². The lowest BCUT2D eigenvalue weighted by Crippen LogP contribution is -2.15. The topological polar surface area (TPSA) is 0 Å². The summed E-state index contributed by atoms with van der Waals surface area (Å²) in [5.41, 5.74) is -14.1. The molecule has 0 nitrogen and oxygen atoms in total. The van der Waals surface area contributed by atoms with Crippen molar-refractivity contribution in [3.05, 3.63) is 180 Å². The maximum Gasteiger partial charge on any atom is 0.0636 e. The van der Waals surface area contributed by atoms with E-state index in [9.17, 15) is 28.8 Å². The molecule has 0 spiro atoms. The quantitative estimate of drug-likeness (QED) is 0.161. The summed E-state index contributed by atoms with van der Waals surface area (Å²) in [6.45, 7) is -8.17. The molecule has 12 rings (SSSR count). The second-order valence-corrected chi connectivity index (χ2v) is 12.6. The fourth-order valence-electron chi connectivity index (χ4n) is 7.28. The Bertz CT molecular complexity index is 5050. The average Bonchev–Trinajstić information content (AvgIpc) is 1.34. The maximum atomic E-state index is 10.0. The molecule has 11 aromatic carbocycles. The van der Waals surface area contributed by atoms with Gasteiger partial charge in [0, 0.05) is 13.6 Å². The van der Waals surface area contributed by atoms with Gasteiger partial charge in [0.25, 0.3) is 0 Å². The number of fused-ring (bicyclic) bond motifs is 3. The van der Waals surface area contributed by atoms with E-state index in [0.29, 0.717) is 0 Å². The molecule has 0 aliphatic heterocycles. The lowest BCUT2D eigenvalue weighted by atomic mass is 9.80. The van der Waals surface area contributed by atoms with E-state index in [-0.39, 0.29) is 26.9 Å². The molecule has 0 amide bonds. The van der Waals surface area contributed by atoms with Gasteiger partial charge in [0.05, 0.1) is 37.0 Å². The first-order chi connectivity index (χ1) is 39.8. The van der Waals surface area contributed by atoms with Crippen LogP contribution in [0.2, 0.25) is 0 Å². The standard InChI is InChI=1S/C53H34/c1-53(2)47-29-38(37-10-5-11-39(28-37)41-22-16-35-14-12-31-6-3-8-33-18-26-45(41)51(35)49(31)33)20-24-43(47)44-25-21-40(30-48(44)53)42-23-17-36-15-13-32-7-4-9-34-19-27-46(42)52(36)50(32)34/h3-30H,1-2H3/i1D3,2D3,3D,4D,5D,6D,7D,8D,10D,11D,12D,13D,14D,15D,16D,17D,18D,19D,20D,21D,22D,23D,24D,25D,26D,27D,28D,29D,30D. The van der Waals surface area contributed by atoms with Gasteiger partial charge in [-0.3, -0.25) is 0 Å². The van der Waals surface area contributed by atoms with Crippen LogP contribution < -0.4 is 0 Å². The molecule has 0 saturated carbocycles. The van der Waals surface area contributed by atoms with Gasteiger partial charge >= 0.3 is 0 Å². The van der Waals surface area contributed by atoms with Crippen LogP contribution in [0.15, 0.2) is 169 Å². The van der Waals surface area contributed by atoms with Crippen molar-refractivity contribution in [2.24, 2.45) is 0 Å². The zero-order valence-corrected chi connectivity index (χ0v) is 26.6. The van der Waals surface area contributed by atoms with Crippen molar-refractivity contribution in [1.82, 2.24) is 0 Å². The van der Waals surface area contributed by atoms with Gasteiger partial charge in [0.15, 0.2) is 0 Å². The van der Waals surface area contributed by atoms with E-state index in [1.165, 1.54) is 0 Å². The van der Waals surface area contributed by atoms with Gasteiger partial charge in [0.2, 0.25) is 0 Å². The van der Waals surface area contributed by atoms with Crippen LogP contribution in [-0.4, -0.2) is 0 Å². The summed E-state index contributed by atoms with van der Waals surface area (Å²) in [5.74, 6) is 0. The Labute approximate surface area is 354 Å². The van der Waals surface area contributed by atoms with Crippen LogP contribution in [0.25, 0.3) is 109 Å². The minimum absolute atomic E-state index is 0.212. The van der Waals surface area contributed by atoms with Crippen LogP contribution in [0.4, 0.5) is 0 Å². The summed E-state index contributed by atoms with van der Waals surface area (Å²) in [7, 11) is 0. The molecule has 0 heterocycles. The Hall–Kier alpha value is -6.50. The third kappa shape index (κ3) is 3.96. The smallest absolute Gasteiger partial charge is 0.0610 e. The van der Waals surface area contributed by atoms with Crippen molar-refractivity contribution < 1.29 is 45.2 Å². The first kappa shape index (κ1) is 11.8. The normalized spacial score (nSPS) is 22.9. The van der Waals surface area contributed by atoms with E-state index in [4.69, 9.17) is 16.4 Å². The minimum atomic E-state index is -4.08. The van der Waals surface area contributed by atoms with Gasteiger partial charge in [-0.15, -0.1) is 0 Å². The second-order valence-electron chi connectivity index (χ2n) is 12.6. The van der Waals surface area contributed by atoms with E-state index in [2.05, 4.69) is 0 Å². The Balaban J connectivity index is 1.23. The van der Waals surface area contributed by atoms with Gasteiger partial charge in [0.1, 0.15) is 0 Å². The van der Waals surface area contributed by atoms with Crippen LogP contribution >= 0.6 is 0 Å². The van der Waals surface area contributed by atoms with E-state index in [0.717, 1.165) is 6.07 Å². The molecule has 0 heteroatoms. The molecule has 0 fully saturated rings. The van der Waals surface area contributed by atoms with Crippen LogP contribution in [0.1, 0.15) is 70.1 Å². The van der Waals surface area contributed by atoms with Crippen LogP contribution in [0.5, 0.6) is 0 Å². The first-order valence-electron chi connectivity index (χ1n) is 32.6. The lowest BCUT2D eigenvalue weighted by Gasteiger charge is -2.23. The van der Waals surface area contributed by atoms with Crippen LogP contribution in [-0.2, 0) is 5.41 Å². The fraction of sp³-hybridized carbons (Fsp3) is 0.0566. The van der Waals surface area contributed by atoms with Crippen molar-refractivity contribution in [3.63, 3.8) is 0 Å². The number of benzene rings is 11. The molecule has 53 heavy (non-hydrogen) atoms. The Morgan fingerprint density at radius 2 is 0.792 bits per heavy atom. The maximum absolute atomic E-state index is 10.0. The molecule has 1 aliphatic rings. The minimum Gasteiger partial charge on any atom is -0.0610 e. The molecule has 0 saturated heterocycles. The highest BCUT2D eigenvalue weighted by molar-refractivity contribution is 6.26. The Morgan fingerprint density at radius 1 is 0.358 bits per heavy atom. The van der Waals surface area contributed by atoms with Crippen molar-refractivity contribution in [3.8, 4) is 44.5 Å². The Morgan fingerprint density at radius 3 is 1.45 bits per heavy atom. The molecule has 0 unspecified atom stereocenters. The van der Waals surface area contributed by atoms with Gasteiger partial charge in [-0.1, -0.05) is 165 Å². The highest BCUT2D eigenvalue weighted by Gasteiger charge is 2.36. The molecule has 0 radical (unpaired) electrons. The summed E-state index contributed by atoms with van der Waals surface area (Å²) in [5, 5.41) is -5.05. The SMILES string of the molecule is [2H]c1cc2c([2H])c([2H])c3c(-c4c([2H])c([2H])c5c(c4[2H])C(C([2H])([2H])[2H])(C([2H])([2H])[2H])c4c([2H])c(-c6c([2H])c([2H])c([2H])c(-c7c([2H])c([2H])c8c([2H])c([2H])c9c([2H])c([2H])c([2H])c%10c([2H])c([2H])c7c8c9%10)c6[2H])c([2H])c([2H])c4-5)c([2H])c([2H])c4c([2H])c([2H])c(c1[2H])c2c43. The van der Waals surface area contributed by atoms with Crippen molar-refractivity contribution in [2.45, 2.75) is 19.1 Å². The summed E-state index contributed by atoms with van der Waals surface area (Å²) >= 11 is 0.